The van der Waals surface area contributed by atoms with Gasteiger partial charge < -0.3 is 15.0 Å². The van der Waals surface area contributed by atoms with Gasteiger partial charge in [0.2, 0.25) is 11.8 Å². The van der Waals surface area contributed by atoms with E-state index in [-0.39, 0.29) is 18.2 Å². The lowest BCUT2D eigenvalue weighted by Crippen LogP contribution is -2.47. The van der Waals surface area contributed by atoms with Gasteiger partial charge in [-0.1, -0.05) is 61.0 Å². The van der Waals surface area contributed by atoms with Gasteiger partial charge in [-0.3, -0.25) is 9.59 Å². The first-order chi connectivity index (χ1) is 15.5. The van der Waals surface area contributed by atoms with Crippen LogP contribution in [-0.4, -0.2) is 29.9 Å². The van der Waals surface area contributed by atoms with Crippen LogP contribution in [0, 0.1) is 0 Å². The fourth-order valence-electron chi connectivity index (χ4n) is 3.48. The van der Waals surface area contributed by atoms with Crippen LogP contribution in [0.5, 0.6) is 5.75 Å². The molecule has 32 heavy (non-hydrogen) atoms. The molecule has 3 aromatic rings. The van der Waals surface area contributed by atoms with Crippen LogP contribution in [0.3, 0.4) is 0 Å². The van der Waals surface area contributed by atoms with Crippen LogP contribution in [-0.2, 0) is 22.6 Å². The topological polar surface area (TPSA) is 58.6 Å². The summed E-state index contributed by atoms with van der Waals surface area (Å²) in [6, 6.07) is 23.4. The second-order valence-electron chi connectivity index (χ2n) is 7.45. The van der Waals surface area contributed by atoms with Crippen molar-refractivity contribution in [2.45, 2.75) is 32.4 Å². The number of methoxy groups -OCH3 is 1. The number of carbonyl (C=O) groups is 2. The molecule has 5 nitrogen and oxygen atoms in total. The van der Waals surface area contributed by atoms with Crippen molar-refractivity contribution >= 4 is 29.1 Å². The molecule has 0 aromatic heterocycles. The van der Waals surface area contributed by atoms with Crippen LogP contribution in [0.25, 0.3) is 0 Å². The maximum absolute atomic E-state index is 13.3. The maximum Gasteiger partial charge on any atom is 0.247 e. The standard InChI is InChI=1S/C26H27ClN2O3/c1-3-24(26(31)28-22-13-15-23(32-2)16-14-22)29(18-20-9-11-21(27)12-10-20)25(30)17-19-7-5-4-6-8-19/h4-16,24H,3,17-18H2,1-2H3,(H,28,31). The average molecular weight is 451 g/mol. The first-order valence-electron chi connectivity index (χ1n) is 10.5. The van der Waals surface area contributed by atoms with E-state index >= 15 is 0 Å². The SMILES string of the molecule is CCC(C(=O)Nc1ccc(OC)cc1)N(Cc1ccc(Cl)cc1)C(=O)Cc1ccccc1. The predicted molar refractivity (Wildman–Crippen MR) is 128 cm³/mol. The predicted octanol–water partition coefficient (Wildman–Crippen LogP) is 5.34. The van der Waals surface area contributed by atoms with Crippen molar-refractivity contribution in [2.24, 2.45) is 0 Å². The molecule has 166 valence electrons. The van der Waals surface area contributed by atoms with Crippen molar-refractivity contribution in [3.05, 3.63) is 95.0 Å². The fraction of sp³-hybridized carbons (Fsp3) is 0.231. The van der Waals surface area contributed by atoms with Crippen LogP contribution < -0.4 is 10.1 Å². The van der Waals surface area contributed by atoms with Gasteiger partial charge in [0.05, 0.1) is 13.5 Å². The van der Waals surface area contributed by atoms with E-state index in [1.54, 1.807) is 48.4 Å². The molecular formula is C26H27ClN2O3. The lowest BCUT2D eigenvalue weighted by atomic mass is 10.1. The highest BCUT2D eigenvalue weighted by atomic mass is 35.5. The molecule has 3 aromatic carbocycles. The summed E-state index contributed by atoms with van der Waals surface area (Å²) in [4.78, 5) is 28.2. The Kier molecular flexibility index (Phi) is 8.28. The average Bonchev–Trinajstić information content (AvgIpc) is 2.81. The number of anilines is 1. The molecule has 0 aliphatic carbocycles. The molecule has 0 heterocycles. The number of carbonyl (C=O) groups excluding carboxylic acids is 2. The summed E-state index contributed by atoms with van der Waals surface area (Å²) in [7, 11) is 1.59. The first kappa shape index (κ1) is 23.4. The third-order valence-corrected chi connectivity index (χ3v) is 5.46. The molecule has 0 bridgehead atoms. The highest BCUT2D eigenvalue weighted by Gasteiger charge is 2.28. The van der Waals surface area contributed by atoms with E-state index < -0.39 is 6.04 Å². The monoisotopic (exact) mass is 450 g/mol. The quantitative estimate of drug-likeness (QED) is 0.479. The van der Waals surface area contributed by atoms with Gasteiger partial charge in [-0.15, -0.1) is 0 Å². The summed E-state index contributed by atoms with van der Waals surface area (Å²) in [5, 5.41) is 3.55. The second-order valence-corrected chi connectivity index (χ2v) is 7.89. The molecule has 0 radical (unpaired) electrons. The van der Waals surface area contributed by atoms with Gasteiger partial charge in [-0.05, 0) is 53.9 Å². The lowest BCUT2D eigenvalue weighted by Gasteiger charge is -2.31. The Morgan fingerprint density at radius 1 is 0.938 bits per heavy atom. The van der Waals surface area contributed by atoms with Gasteiger partial charge in [0.15, 0.2) is 0 Å². The third kappa shape index (κ3) is 6.34. The zero-order chi connectivity index (χ0) is 22.9. The number of hydrogen-bond acceptors (Lipinski definition) is 3. The number of halogens is 1. The zero-order valence-corrected chi connectivity index (χ0v) is 19.0. The summed E-state index contributed by atoms with van der Waals surface area (Å²) in [6.07, 6.45) is 0.705. The van der Waals surface area contributed by atoms with Crippen LogP contribution in [0.1, 0.15) is 24.5 Å². The lowest BCUT2D eigenvalue weighted by molar-refractivity contribution is -0.139. The maximum atomic E-state index is 13.3. The van der Waals surface area contributed by atoms with Crippen LogP contribution in [0.2, 0.25) is 5.02 Å². The molecule has 0 aliphatic heterocycles. The molecule has 3 rings (SSSR count). The van der Waals surface area contributed by atoms with Crippen molar-refractivity contribution in [1.82, 2.24) is 4.90 Å². The summed E-state index contributed by atoms with van der Waals surface area (Å²) >= 11 is 6.02. The highest BCUT2D eigenvalue weighted by Crippen LogP contribution is 2.19. The van der Waals surface area contributed by atoms with E-state index in [1.807, 2.05) is 49.4 Å². The number of nitrogens with zero attached hydrogens (tertiary/aromatic N) is 1. The van der Waals surface area contributed by atoms with E-state index in [2.05, 4.69) is 5.32 Å². The summed E-state index contributed by atoms with van der Waals surface area (Å²) in [5.74, 6) is 0.369. The number of nitrogens with one attached hydrogen (secondary N) is 1. The van der Waals surface area contributed by atoms with Crippen molar-refractivity contribution < 1.29 is 14.3 Å². The molecule has 0 spiro atoms. The van der Waals surface area contributed by atoms with E-state index in [0.29, 0.717) is 29.4 Å². The first-order valence-corrected chi connectivity index (χ1v) is 10.9. The van der Waals surface area contributed by atoms with Gasteiger partial charge in [0, 0.05) is 17.3 Å². The Labute approximate surface area is 194 Å². The van der Waals surface area contributed by atoms with Crippen molar-refractivity contribution in [1.29, 1.82) is 0 Å². The minimum Gasteiger partial charge on any atom is -0.497 e. The molecule has 0 saturated carbocycles. The Hall–Kier alpha value is -3.31. The van der Waals surface area contributed by atoms with Gasteiger partial charge in [-0.25, -0.2) is 0 Å². The van der Waals surface area contributed by atoms with Gasteiger partial charge in [0.1, 0.15) is 11.8 Å². The van der Waals surface area contributed by atoms with E-state index in [1.165, 1.54) is 0 Å². The highest BCUT2D eigenvalue weighted by molar-refractivity contribution is 6.30. The molecule has 1 atom stereocenters. The zero-order valence-electron chi connectivity index (χ0n) is 18.3. The minimum atomic E-state index is -0.621. The number of benzene rings is 3. The summed E-state index contributed by atoms with van der Waals surface area (Å²) in [6.45, 7) is 2.22. The smallest absolute Gasteiger partial charge is 0.247 e. The van der Waals surface area contributed by atoms with Crippen LogP contribution in [0.4, 0.5) is 5.69 Å². The number of hydrogen-bond donors (Lipinski definition) is 1. The van der Waals surface area contributed by atoms with Crippen molar-refractivity contribution in [3.8, 4) is 5.75 Å². The number of amides is 2. The molecule has 1 N–H and O–H groups in total. The minimum absolute atomic E-state index is 0.108. The molecule has 0 fully saturated rings. The Morgan fingerprint density at radius 2 is 1.59 bits per heavy atom. The number of rotatable bonds is 9. The molecule has 1 unspecified atom stereocenters. The molecule has 0 saturated heterocycles. The number of ether oxygens (including phenoxy) is 1. The molecule has 2 amide bonds. The largest absolute Gasteiger partial charge is 0.497 e. The summed E-state index contributed by atoms with van der Waals surface area (Å²) in [5.41, 5.74) is 2.46. The molecule has 6 heteroatoms. The van der Waals surface area contributed by atoms with Gasteiger partial charge >= 0.3 is 0 Å². The Balaban J connectivity index is 1.82. The normalized spacial score (nSPS) is 11.5. The van der Waals surface area contributed by atoms with Crippen molar-refractivity contribution in [3.63, 3.8) is 0 Å². The Bertz CT molecular complexity index is 1020. The third-order valence-electron chi connectivity index (χ3n) is 5.21. The fourth-order valence-corrected chi connectivity index (χ4v) is 3.60. The van der Waals surface area contributed by atoms with E-state index in [0.717, 1.165) is 11.1 Å². The van der Waals surface area contributed by atoms with Crippen LogP contribution >= 0.6 is 11.6 Å². The van der Waals surface area contributed by atoms with Gasteiger partial charge in [-0.2, -0.15) is 0 Å². The van der Waals surface area contributed by atoms with Crippen molar-refractivity contribution in [2.75, 3.05) is 12.4 Å². The summed E-state index contributed by atoms with van der Waals surface area (Å²) < 4.78 is 5.17. The van der Waals surface area contributed by atoms with Crippen LogP contribution in [0.15, 0.2) is 78.9 Å². The molecular weight excluding hydrogens is 424 g/mol. The van der Waals surface area contributed by atoms with E-state index in [4.69, 9.17) is 16.3 Å². The van der Waals surface area contributed by atoms with Gasteiger partial charge in [0.25, 0.3) is 0 Å². The molecule has 0 aliphatic rings. The Morgan fingerprint density at radius 3 is 2.19 bits per heavy atom. The second kappa shape index (κ2) is 11.3. The van der Waals surface area contributed by atoms with E-state index in [9.17, 15) is 9.59 Å².